The Morgan fingerprint density at radius 1 is 1.39 bits per heavy atom. The normalized spacial score (nSPS) is 20.2. The van der Waals surface area contributed by atoms with Crippen LogP contribution >= 0.6 is 0 Å². The van der Waals surface area contributed by atoms with E-state index in [1.165, 1.54) is 6.42 Å². The van der Waals surface area contributed by atoms with Crippen molar-refractivity contribution in [3.05, 3.63) is 35.9 Å². The van der Waals surface area contributed by atoms with Crippen LogP contribution in [0.2, 0.25) is 0 Å². The molecule has 1 atom stereocenters. The van der Waals surface area contributed by atoms with Crippen molar-refractivity contribution in [1.29, 1.82) is 0 Å². The summed E-state index contributed by atoms with van der Waals surface area (Å²) >= 11 is 0. The van der Waals surface area contributed by atoms with Gasteiger partial charge < -0.3 is 14.2 Å². The van der Waals surface area contributed by atoms with Gasteiger partial charge in [-0.15, -0.1) is 0 Å². The molecule has 1 unspecified atom stereocenters. The summed E-state index contributed by atoms with van der Waals surface area (Å²) in [5.41, 5.74) is 1.11. The molecular weight excluding hydrogens is 228 g/mol. The molecule has 1 saturated heterocycles. The standard InChI is InChI=1S/C15H20O3/c1-16-14-8-4-6-13(12-14)7-5-11-18-15-9-2-3-10-17-15/h4-8,12,15H,2-3,9-11H2,1H3. The second-order valence-corrected chi connectivity index (χ2v) is 4.31. The van der Waals surface area contributed by atoms with Crippen molar-refractivity contribution < 1.29 is 14.2 Å². The van der Waals surface area contributed by atoms with Gasteiger partial charge in [-0.25, -0.2) is 0 Å². The molecule has 1 aromatic rings. The van der Waals surface area contributed by atoms with Crippen molar-refractivity contribution in [3.63, 3.8) is 0 Å². The molecule has 0 radical (unpaired) electrons. The lowest BCUT2D eigenvalue weighted by molar-refractivity contribution is -0.155. The van der Waals surface area contributed by atoms with Crippen LogP contribution in [0, 0.1) is 0 Å². The van der Waals surface area contributed by atoms with Crippen LogP contribution in [0.25, 0.3) is 6.08 Å². The quantitative estimate of drug-likeness (QED) is 0.800. The molecule has 1 aliphatic heterocycles. The monoisotopic (exact) mass is 248 g/mol. The maximum absolute atomic E-state index is 5.62. The molecule has 0 aromatic heterocycles. The summed E-state index contributed by atoms with van der Waals surface area (Å²) < 4.78 is 16.3. The van der Waals surface area contributed by atoms with Gasteiger partial charge in [0.1, 0.15) is 5.75 Å². The highest BCUT2D eigenvalue weighted by atomic mass is 16.7. The number of methoxy groups -OCH3 is 1. The van der Waals surface area contributed by atoms with Crippen LogP contribution < -0.4 is 4.74 Å². The molecule has 3 nitrogen and oxygen atoms in total. The van der Waals surface area contributed by atoms with E-state index in [9.17, 15) is 0 Å². The fourth-order valence-corrected chi connectivity index (χ4v) is 1.93. The Labute approximate surface area is 108 Å². The molecule has 0 amide bonds. The maximum atomic E-state index is 5.62. The van der Waals surface area contributed by atoms with E-state index >= 15 is 0 Å². The molecule has 1 aromatic carbocycles. The summed E-state index contributed by atoms with van der Waals surface area (Å²) in [7, 11) is 1.67. The molecule has 1 aliphatic rings. The van der Waals surface area contributed by atoms with Gasteiger partial charge in [-0.1, -0.05) is 24.3 Å². The van der Waals surface area contributed by atoms with Gasteiger partial charge in [0.05, 0.1) is 13.7 Å². The molecule has 3 heteroatoms. The van der Waals surface area contributed by atoms with E-state index < -0.39 is 0 Å². The zero-order chi connectivity index (χ0) is 12.6. The first-order chi connectivity index (χ1) is 8.88. The highest BCUT2D eigenvalue weighted by Gasteiger charge is 2.12. The van der Waals surface area contributed by atoms with E-state index in [1.807, 2.05) is 36.4 Å². The van der Waals surface area contributed by atoms with E-state index in [2.05, 4.69) is 0 Å². The number of rotatable bonds is 5. The van der Waals surface area contributed by atoms with Crippen LogP contribution in [-0.4, -0.2) is 26.6 Å². The molecule has 2 rings (SSSR count). The SMILES string of the molecule is COc1cccc(C=CCOC2CCCCO2)c1. The molecule has 0 saturated carbocycles. The molecule has 0 N–H and O–H groups in total. The predicted molar refractivity (Wildman–Crippen MR) is 71.6 cm³/mol. The summed E-state index contributed by atoms with van der Waals surface area (Å²) in [5.74, 6) is 0.869. The van der Waals surface area contributed by atoms with Crippen molar-refractivity contribution in [3.8, 4) is 5.75 Å². The molecular formula is C15H20O3. The molecule has 1 heterocycles. The van der Waals surface area contributed by atoms with Crippen LogP contribution in [0.3, 0.4) is 0 Å². The summed E-state index contributed by atoms with van der Waals surface area (Å²) in [6, 6.07) is 7.94. The van der Waals surface area contributed by atoms with Gasteiger partial charge in [-0.2, -0.15) is 0 Å². The van der Waals surface area contributed by atoms with Crippen molar-refractivity contribution >= 4 is 6.08 Å². The number of ether oxygens (including phenoxy) is 3. The molecule has 1 fully saturated rings. The van der Waals surface area contributed by atoms with Crippen LogP contribution in [0.15, 0.2) is 30.3 Å². The fraction of sp³-hybridized carbons (Fsp3) is 0.467. The summed E-state index contributed by atoms with van der Waals surface area (Å²) in [5, 5.41) is 0. The smallest absolute Gasteiger partial charge is 0.157 e. The molecule has 0 spiro atoms. The van der Waals surface area contributed by atoms with Crippen molar-refractivity contribution in [2.24, 2.45) is 0 Å². The molecule has 0 bridgehead atoms. The number of hydrogen-bond donors (Lipinski definition) is 0. The first-order valence-corrected chi connectivity index (χ1v) is 6.42. The van der Waals surface area contributed by atoms with Crippen LogP contribution in [-0.2, 0) is 9.47 Å². The fourth-order valence-electron chi connectivity index (χ4n) is 1.93. The molecule has 18 heavy (non-hydrogen) atoms. The first-order valence-electron chi connectivity index (χ1n) is 6.42. The zero-order valence-electron chi connectivity index (χ0n) is 10.8. The highest BCUT2D eigenvalue weighted by Crippen LogP contribution is 2.15. The van der Waals surface area contributed by atoms with Gasteiger partial charge in [0.2, 0.25) is 0 Å². The summed E-state index contributed by atoms with van der Waals surface area (Å²) in [4.78, 5) is 0. The Morgan fingerprint density at radius 2 is 2.33 bits per heavy atom. The Hall–Kier alpha value is -1.32. The minimum absolute atomic E-state index is 0.0197. The minimum Gasteiger partial charge on any atom is -0.497 e. The lowest BCUT2D eigenvalue weighted by Gasteiger charge is -2.21. The molecule has 0 aliphatic carbocycles. The van der Waals surface area contributed by atoms with Crippen molar-refractivity contribution in [2.45, 2.75) is 25.6 Å². The first kappa shape index (κ1) is 13.1. The lowest BCUT2D eigenvalue weighted by atomic mass is 10.2. The largest absolute Gasteiger partial charge is 0.497 e. The van der Waals surface area contributed by atoms with E-state index in [0.717, 1.165) is 30.8 Å². The second-order valence-electron chi connectivity index (χ2n) is 4.31. The zero-order valence-corrected chi connectivity index (χ0v) is 10.8. The predicted octanol–water partition coefficient (Wildman–Crippen LogP) is 3.25. The maximum Gasteiger partial charge on any atom is 0.157 e. The Bertz CT molecular complexity index is 381. The van der Waals surface area contributed by atoms with Crippen LogP contribution in [0.1, 0.15) is 24.8 Å². The molecule has 98 valence electrons. The average Bonchev–Trinajstić information content (AvgIpc) is 2.45. The van der Waals surface area contributed by atoms with E-state index in [0.29, 0.717) is 6.61 Å². The third kappa shape index (κ3) is 4.17. The van der Waals surface area contributed by atoms with Gasteiger partial charge in [0.25, 0.3) is 0 Å². The van der Waals surface area contributed by atoms with Gasteiger partial charge in [-0.3, -0.25) is 0 Å². The van der Waals surface area contributed by atoms with Gasteiger partial charge >= 0.3 is 0 Å². The Balaban J connectivity index is 1.76. The third-order valence-electron chi connectivity index (χ3n) is 2.92. The number of benzene rings is 1. The number of hydrogen-bond acceptors (Lipinski definition) is 3. The van der Waals surface area contributed by atoms with Gasteiger partial charge in [0.15, 0.2) is 6.29 Å². The van der Waals surface area contributed by atoms with Crippen LogP contribution in [0.5, 0.6) is 5.75 Å². The van der Waals surface area contributed by atoms with E-state index in [1.54, 1.807) is 7.11 Å². The van der Waals surface area contributed by atoms with Crippen molar-refractivity contribution in [2.75, 3.05) is 20.3 Å². The second kappa shape index (κ2) is 7.19. The lowest BCUT2D eigenvalue weighted by Crippen LogP contribution is -2.22. The minimum atomic E-state index is -0.0197. The van der Waals surface area contributed by atoms with E-state index in [4.69, 9.17) is 14.2 Å². The Kier molecular flexibility index (Phi) is 5.24. The average molecular weight is 248 g/mol. The van der Waals surface area contributed by atoms with Crippen LogP contribution in [0.4, 0.5) is 0 Å². The van der Waals surface area contributed by atoms with E-state index in [-0.39, 0.29) is 6.29 Å². The van der Waals surface area contributed by atoms with Gasteiger partial charge in [0, 0.05) is 6.61 Å². The third-order valence-corrected chi connectivity index (χ3v) is 2.92. The summed E-state index contributed by atoms with van der Waals surface area (Å²) in [6.07, 6.45) is 7.38. The Morgan fingerprint density at radius 3 is 3.11 bits per heavy atom. The summed E-state index contributed by atoms with van der Waals surface area (Å²) in [6.45, 7) is 1.41. The van der Waals surface area contributed by atoms with Gasteiger partial charge in [-0.05, 0) is 37.0 Å². The van der Waals surface area contributed by atoms with Crippen molar-refractivity contribution in [1.82, 2.24) is 0 Å². The highest BCUT2D eigenvalue weighted by molar-refractivity contribution is 5.51. The topological polar surface area (TPSA) is 27.7 Å².